The van der Waals surface area contributed by atoms with Crippen molar-refractivity contribution in [3.8, 4) is 0 Å². The quantitative estimate of drug-likeness (QED) is 0.317. The second-order valence-electron chi connectivity index (χ2n) is 7.91. The minimum atomic E-state index is -0.474. The Morgan fingerprint density at radius 2 is 1.59 bits per heavy atom. The maximum atomic E-state index is 11.6. The van der Waals surface area contributed by atoms with Crippen LogP contribution in [-0.4, -0.2) is 55.8 Å². The van der Waals surface area contributed by atoms with E-state index in [-0.39, 0.29) is 6.09 Å². The Morgan fingerprint density at radius 1 is 1.00 bits per heavy atom. The average Bonchev–Trinajstić information content (AvgIpc) is 2.67. The van der Waals surface area contributed by atoms with Crippen LogP contribution >= 0.6 is 0 Å². The molecule has 29 heavy (non-hydrogen) atoms. The van der Waals surface area contributed by atoms with Crippen LogP contribution in [0.1, 0.15) is 52.2 Å². The molecule has 0 spiro atoms. The summed E-state index contributed by atoms with van der Waals surface area (Å²) in [5.41, 5.74) is 2.07. The summed E-state index contributed by atoms with van der Waals surface area (Å²) in [4.78, 5) is 18.2. The topological polar surface area (TPSA) is 78.0 Å². The molecule has 0 saturated heterocycles. The minimum absolute atomic E-state index is 0.385. The highest BCUT2D eigenvalue weighted by molar-refractivity contribution is 5.79. The Labute approximate surface area is 176 Å². The Balaban J connectivity index is 2.28. The zero-order valence-corrected chi connectivity index (χ0v) is 19.0. The van der Waals surface area contributed by atoms with Crippen LogP contribution in [0, 0.1) is 0 Å². The molecule has 0 aliphatic rings. The van der Waals surface area contributed by atoms with Crippen LogP contribution < -0.4 is 16.0 Å². The standard InChI is InChI=1S/C22H39N5O2/c1-7-27(8-2)17-19-12-10-18(11-13-19)16-26-20(23-6)24-14-9-15-25-21(28)29-22(3,4)5/h10-13H,7-9,14-17H2,1-6H3,(H,25,28)(H2,23,24,26). The zero-order valence-electron chi connectivity index (χ0n) is 19.0. The summed E-state index contributed by atoms with van der Waals surface area (Å²) in [7, 11) is 1.75. The molecule has 0 aliphatic heterocycles. The normalized spacial score (nSPS) is 12.0. The zero-order chi connectivity index (χ0) is 21.7. The molecule has 0 aliphatic carbocycles. The second-order valence-corrected chi connectivity index (χ2v) is 7.91. The number of alkyl carbamates (subject to hydrolysis) is 1. The predicted octanol–water partition coefficient (Wildman–Crippen LogP) is 3.11. The van der Waals surface area contributed by atoms with Gasteiger partial charge in [0.1, 0.15) is 5.60 Å². The fraction of sp³-hybridized carbons (Fsp3) is 0.636. The molecule has 7 heteroatoms. The SMILES string of the molecule is CCN(CC)Cc1ccc(CNC(=NC)NCCCNC(=O)OC(C)(C)C)cc1. The summed E-state index contributed by atoms with van der Waals surface area (Å²) in [5, 5.41) is 9.32. The number of hydrogen-bond acceptors (Lipinski definition) is 4. The molecule has 0 radical (unpaired) electrons. The van der Waals surface area contributed by atoms with Gasteiger partial charge in [0.15, 0.2) is 5.96 Å². The third kappa shape index (κ3) is 11.3. The molecule has 0 aromatic heterocycles. The van der Waals surface area contributed by atoms with Gasteiger partial charge in [0.25, 0.3) is 0 Å². The van der Waals surface area contributed by atoms with Gasteiger partial charge in [-0.3, -0.25) is 9.89 Å². The molecule has 0 bridgehead atoms. The van der Waals surface area contributed by atoms with Crippen molar-refractivity contribution in [1.82, 2.24) is 20.9 Å². The van der Waals surface area contributed by atoms with E-state index in [9.17, 15) is 4.79 Å². The smallest absolute Gasteiger partial charge is 0.407 e. The van der Waals surface area contributed by atoms with Gasteiger partial charge in [0, 0.05) is 33.2 Å². The van der Waals surface area contributed by atoms with Crippen molar-refractivity contribution in [3.05, 3.63) is 35.4 Å². The van der Waals surface area contributed by atoms with E-state index >= 15 is 0 Å². The van der Waals surface area contributed by atoms with Crippen LogP contribution in [0.25, 0.3) is 0 Å². The molecule has 1 rings (SSSR count). The van der Waals surface area contributed by atoms with Gasteiger partial charge in [-0.05, 0) is 51.4 Å². The number of aliphatic imine (C=N–C) groups is 1. The predicted molar refractivity (Wildman–Crippen MR) is 120 cm³/mol. The van der Waals surface area contributed by atoms with E-state index in [0.717, 1.165) is 32.0 Å². The first-order valence-electron chi connectivity index (χ1n) is 10.5. The number of hydrogen-bond donors (Lipinski definition) is 3. The van der Waals surface area contributed by atoms with Gasteiger partial charge in [-0.15, -0.1) is 0 Å². The van der Waals surface area contributed by atoms with Crippen molar-refractivity contribution in [2.75, 3.05) is 33.2 Å². The van der Waals surface area contributed by atoms with Crippen molar-refractivity contribution >= 4 is 12.1 Å². The van der Waals surface area contributed by atoms with Gasteiger partial charge in [-0.2, -0.15) is 0 Å². The number of nitrogens with one attached hydrogen (secondary N) is 3. The molecule has 164 valence electrons. The first kappa shape index (κ1) is 24.8. The number of ether oxygens (including phenoxy) is 1. The molecular formula is C22H39N5O2. The van der Waals surface area contributed by atoms with E-state index < -0.39 is 5.60 Å². The summed E-state index contributed by atoms with van der Waals surface area (Å²) in [6, 6.07) is 8.69. The molecule has 0 atom stereocenters. The fourth-order valence-corrected chi connectivity index (χ4v) is 2.67. The highest BCUT2D eigenvalue weighted by atomic mass is 16.6. The number of benzene rings is 1. The number of carbonyl (C=O) groups excluding carboxylic acids is 1. The molecular weight excluding hydrogens is 366 g/mol. The summed E-state index contributed by atoms with van der Waals surface area (Å²) < 4.78 is 5.21. The maximum Gasteiger partial charge on any atom is 0.407 e. The Hall–Kier alpha value is -2.28. The van der Waals surface area contributed by atoms with E-state index in [4.69, 9.17) is 4.74 Å². The first-order valence-corrected chi connectivity index (χ1v) is 10.5. The van der Waals surface area contributed by atoms with E-state index in [0.29, 0.717) is 19.6 Å². The molecule has 0 fully saturated rings. The number of carbonyl (C=O) groups is 1. The second kappa shape index (κ2) is 13.0. The van der Waals surface area contributed by atoms with Gasteiger partial charge >= 0.3 is 6.09 Å². The molecule has 1 amide bonds. The molecule has 1 aromatic carbocycles. The number of guanidine groups is 1. The van der Waals surface area contributed by atoms with Gasteiger partial charge in [0.05, 0.1) is 0 Å². The lowest BCUT2D eigenvalue weighted by Gasteiger charge is -2.19. The summed E-state index contributed by atoms with van der Waals surface area (Å²) >= 11 is 0. The fourth-order valence-electron chi connectivity index (χ4n) is 2.67. The van der Waals surface area contributed by atoms with Crippen molar-refractivity contribution in [3.63, 3.8) is 0 Å². The first-order chi connectivity index (χ1) is 13.8. The van der Waals surface area contributed by atoms with Crippen molar-refractivity contribution < 1.29 is 9.53 Å². The van der Waals surface area contributed by atoms with Crippen molar-refractivity contribution in [1.29, 1.82) is 0 Å². The van der Waals surface area contributed by atoms with Gasteiger partial charge in [0.2, 0.25) is 0 Å². The van der Waals surface area contributed by atoms with Gasteiger partial charge in [-0.25, -0.2) is 4.79 Å². The third-order valence-corrected chi connectivity index (χ3v) is 4.32. The van der Waals surface area contributed by atoms with E-state index in [2.05, 4.69) is 64.0 Å². The molecule has 3 N–H and O–H groups in total. The summed E-state index contributed by atoms with van der Waals surface area (Å²) in [5.74, 6) is 0.745. The van der Waals surface area contributed by atoms with Gasteiger partial charge < -0.3 is 20.7 Å². The van der Waals surface area contributed by atoms with Gasteiger partial charge in [-0.1, -0.05) is 38.1 Å². The van der Waals surface area contributed by atoms with E-state index in [1.165, 1.54) is 11.1 Å². The van der Waals surface area contributed by atoms with Crippen LogP contribution in [0.15, 0.2) is 29.3 Å². The Kier molecular flexibility index (Phi) is 11.1. The number of rotatable bonds is 10. The molecule has 0 heterocycles. The van der Waals surface area contributed by atoms with Crippen LogP contribution in [0.5, 0.6) is 0 Å². The van der Waals surface area contributed by atoms with Crippen LogP contribution in [0.3, 0.4) is 0 Å². The van der Waals surface area contributed by atoms with Crippen LogP contribution in [0.4, 0.5) is 4.79 Å². The maximum absolute atomic E-state index is 11.6. The monoisotopic (exact) mass is 405 g/mol. The van der Waals surface area contributed by atoms with E-state index in [1.807, 2.05) is 20.8 Å². The highest BCUT2D eigenvalue weighted by Crippen LogP contribution is 2.08. The summed E-state index contributed by atoms with van der Waals surface area (Å²) in [6.45, 7) is 15.0. The van der Waals surface area contributed by atoms with Crippen LogP contribution in [0.2, 0.25) is 0 Å². The summed E-state index contributed by atoms with van der Waals surface area (Å²) in [6.07, 6.45) is 0.393. The molecule has 0 saturated carbocycles. The minimum Gasteiger partial charge on any atom is -0.444 e. The molecule has 7 nitrogen and oxygen atoms in total. The lowest BCUT2D eigenvalue weighted by atomic mass is 10.1. The van der Waals surface area contributed by atoms with Crippen LogP contribution in [-0.2, 0) is 17.8 Å². The Morgan fingerprint density at radius 3 is 2.14 bits per heavy atom. The van der Waals surface area contributed by atoms with Crippen molar-refractivity contribution in [2.24, 2.45) is 4.99 Å². The third-order valence-electron chi connectivity index (χ3n) is 4.32. The Bertz CT molecular complexity index is 619. The average molecular weight is 406 g/mol. The van der Waals surface area contributed by atoms with E-state index in [1.54, 1.807) is 7.05 Å². The molecule has 1 aromatic rings. The largest absolute Gasteiger partial charge is 0.444 e. The van der Waals surface area contributed by atoms with Crippen molar-refractivity contribution in [2.45, 2.75) is 59.7 Å². The highest BCUT2D eigenvalue weighted by Gasteiger charge is 2.15. The molecule has 0 unspecified atom stereocenters. The number of nitrogens with zero attached hydrogens (tertiary/aromatic N) is 2. The number of amides is 1. The lowest BCUT2D eigenvalue weighted by molar-refractivity contribution is 0.0527. The lowest BCUT2D eigenvalue weighted by Crippen LogP contribution is -2.39.